The van der Waals surface area contributed by atoms with Gasteiger partial charge in [-0.05, 0) is 45.2 Å². The van der Waals surface area contributed by atoms with Crippen LogP contribution in [0.15, 0.2) is 0 Å². The van der Waals surface area contributed by atoms with Crippen LogP contribution < -0.4 is 5.73 Å². The first-order chi connectivity index (χ1) is 10.3. The molecule has 2 aliphatic heterocycles. The molecule has 3 rings (SSSR count). The van der Waals surface area contributed by atoms with E-state index in [9.17, 15) is 0 Å². The van der Waals surface area contributed by atoms with Gasteiger partial charge in [0.2, 0.25) is 0 Å². The second-order valence-corrected chi connectivity index (χ2v) is 7.26. The molecule has 2 N–H and O–H groups in total. The third-order valence-corrected chi connectivity index (χ3v) is 5.83. The molecule has 2 saturated heterocycles. The third kappa shape index (κ3) is 3.98. The van der Waals surface area contributed by atoms with Gasteiger partial charge in [0.1, 0.15) is 0 Å². The van der Waals surface area contributed by atoms with Crippen molar-refractivity contribution in [2.75, 3.05) is 45.9 Å². The number of rotatable bonds is 4. The Hall–Kier alpha value is -0.160. The lowest BCUT2D eigenvalue weighted by molar-refractivity contribution is -0.127. The average molecular weight is 295 g/mol. The zero-order chi connectivity index (χ0) is 14.5. The molecule has 21 heavy (non-hydrogen) atoms. The minimum Gasteiger partial charge on any atom is -0.375 e. The summed E-state index contributed by atoms with van der Waals surface area (Å²) in [5.74, 6) is 0. The Labute approximate surface area is 130 Å². The van der Waals surface area contributed by atoms with E-state index in [0.29, 0.717) is 0 Å². The monoisotopic (exact) mass is 295 g/mol. The van der Waals surface area contributed by atoms with E-state index in [0.717, 1.165) is 25.6 Å². The van der Waals surface area contributed by atoms with E-state index in [1.165, 1.54) is 77.7 Å². The molecular formula is C17H33N3O. The molecule has 0 aromatic carbocycles. The Morgan fingerprint density at radius 3 is 2.52 bits per heavy atom. The van der Waals surface area contributed by atoms with Crippen molar-refractivity contribution in [3.8, 4) is 0 Å². The molecular weight excluding hydrogens is 262 g/mol. The Morgan fingerprint density at radius 1 is 1.05 bits per heavy atom. The van der Waals surface area contributed by atoms with Crippen molar-refractivity contribution in [1.82, 2.24) is 9.80 Å². The second kappa shape index (κ2) is 7.40. The van der Waals surface area contributed by atoms with E-state index >= 15 is 0 Å². The molecule has 3 fully saturated rings. The Bertz CT molecular complexity index is 304. The van der Waals surface area contributed by atoms with E-state index < -0.39 is 0 Å². The summed E-state index contributed by atoms with van der Waals surface area (Å²) in [4.78, 5) is 5.33. The highest BCUT2D eigenvalue weighted by Gasteiger charge is 2.40. The fourth-order valence-corrected chi connectivity index (χ4v) is 4.53. The van der Waals surface area contributed by atoms with E-state index in [1.54, 1.807) is 0 Å². The maximum atomic E-state index is 6.25. The van der Waals surface area contributed by atoms with Crippen molar-refractivity contribution in [2.24, 2.45) is 5.73 Å². The highest BCUT2D eigenvalue weighted by Crippen LogP contribution is 2.39. The van der Waals surface area contributed by atoms with Gasteiger partial charge < -0.3 is 15.4 Å². The molecule has 3 aliphatic rings. The predicted octanol–water partition coefficient (Wildman–Crippen LogP) is 1.83. The summed E-state index contributed by atoms with van der Waals surface area (Å²) in [5, 5.41) is 0. The zero-order valence-corrected chi connectivity index (χ0v) is 13.6. The van der Waals surface area contributed by atoms with Crippen LogP contribution in [0.3, 0.4) is 0 Å². The van der Waals surface area contributed by atoms with Crippen molar-refractivity contribution in [2.45, 2.75) is 63.0 Å². The molecule has 1 saturated carbocycles. The largest absolute Gasteiger partial charge is 0.375 e. The SMILES string of the molecule is NCCCN1CCN(C2CCOC3(CCCCC3)C2)CC1. The molecule has 1 spiro atoms. The van der Waals surface area contributed by atoms with Crippen molar-refractivity contribution in [1.29, 1.82) is 0 Å². The predicted molar refractivity (Wildman–Crippen MR) is 86.5 cm³/mol. The molecule has 0 bridgehead atoms. The molecule has 1 aliphatic carbocycles. The van der Waals surface area contributed by atoms with Crippen LogP contribution in [0.25, 0.3) is 0 Å². The molecule has 0 amide bonds. The lowest BCUT2D eigenvalue weighted by atomic mass is 9.78. The summed E-state index contributed by atoms with van der Waals surface area (Å²) in [5.41, 5.74) is 5.87. The van der Waals surface area contributed by atoms with E-state index in [2.05, 4.69) is 9.80 Å². The number of hydrogen-bond donors (Lipinski definition) is 1. The summed E-state index contributed by atoms with van der Waals surface area (Å²) in [6.07, 6.45) is 10.4. The van der Waals surface area contributed by atoms with Gasteiger partial charge in [-0.2, -0.15) is 0 Å². The second-order valence-electron chi connectivity index (χ2n) is 7.26. The standard InChI is InChI=1S/C17H33N3O/c18-8-4-9-19-10-12-20(13-11-19)16-5-14-21-17(15-16)6-2-1-3-7-17/h16H,1-15,18H2. The molecule has 4 heteroatoms. The number of piperazine rings is 1. The van der Waals surface area contributed by atoms with Crippen LogP contribution in [0.1, 0.15) is 51.4 Å². The molecule has 0 aromatic heterocycles. The fraction of sp³-hybridized carbons (Fsp3) is 1.00. The summed E-state index contributed by atoms with van der Waals surface area (Å²) in [6.45, 7) is 7.92. The summed E-state index contributed by atoms with van der Waals surface area (Å²) < 4.78 is 6.25. The van der Waals surface area contributed by atoms with Crippen LogP contribution >= 0.6 is 0 Å². The number of nitrogens with zero attached hydrogens (tertiary/aromatic N) is 2. The summed E-state index contributed by atoms with van der Waals surface area (Å²) in [6, 6.07) is 0.772. The fourth-order valence-electron chi connectivity index (χ4n) is 4.53. The van der Waals surface area contributed by atoms with Crippen molar-refractivity contribution >= 4 is 0 Å². The lowest BCUT2D eigenvalue weighted by Gasteiger charge is -2.48. The van der Waals surface area contributed by atoms with Crippen LogP contribution in [0.5, 0.6) is 0 Å². The minimum atomic E-state index is 0.248. The van der Waals surface area contributed by atoms with Gasteiger partial charge in [0, 0.05) is 38.8 Å². The van der Waals surface area contributed by atoms with Gasteiger partial charge in [0.05, 0.1) is 5.60 Å². The topological polar surface area (TPSA) is 41.7 Å². The number of nitrogens with two attached hydrogens (primary N) is 1. The summed E-state index contributed by atoms with van der Waals surface area (Å²) >= 11 is 0. The van der Waals surface area contributed by atoms with Gasteiger partial charge in [-0.1, -0.05) is 19.3 Å². The van der Waals surface area contributed by atoms with Crippen LogP contribution in [0.2, 0.25) is 0 Å². The zero-order valence-electron chi connectivity index (χ0n) is 13.6. The van der Waals surface area contributed by atoms with Crippen LogP contribution in [-0.4, -0.2) is 67.3 Å². The number of hydrogen-bond acceptors (Lipinski definition) is 4. The smallest absolute Gasteiger partial charge is 0.0697 e. The van der Waals surface area contributed by atoms with E-state index in [4.69, 9.17) is 10.5 Å². The van der Waals surface area contributed by atoms with Crippen LogP contribution in [-0.2, 0) is 4.74 Å². The molecule has 1 atom stereocenters. The molecule has 0 aromatic rings. The highest BCUT2D eigenvalue weighted by atomic mass is 16.5. The molecule has 122 valence electrons. The van der Waals surface area contributed by atoms with Gasteiger partial charge in [-0.25, -0.2) is 0 Å². The minimum absolute atomic E-state index is 0.248. The molecule has 1 unspecified atom stereocenters. The Kier molecular flexibility index (Phi) is 5.54. The molecule has 4 nitrogen and oxygen atoms in total. The van der Waals surface area contributed by atoms with Crippen molar-refractivity contribution in [3.63, 3.8) is 0 Å². The maximum Gasteiger partial charge on any atom is 0.0697 e. The number of ether oxygens (including phenoxy) is 1. The summed E-state index contributed by atoms with van der Waals surface area (Å²) in [7, 11) is 0. The highest BCUT2D eigenvalue weighted by molar-refractivity contribution is 4.93. The first kappa shape index (κ1) is 15.7. The van der Waals surface area contributed by atoms with E-state index in [1.807, 2.05) is 0 Å². The lowest BCUT2D eigenvalue weighted by Crippen LogP contribution is -2.55. The molecule has 0 radical (unpaired) electrons. The maximum absolute atomic E-state index is 6.25. The van der Waals surface area contributed by atoms with Crippen LogP contribution in [0.4, 0.5) is 0 Å². The Morgan fingerprint density at radius 2 is 1.81 bits per heavy atom. The normalized spacial score (nSPS) is 31.6. The first-order valence-electron chi connectivity index (χ1n) is 9.12. The van der Waals surface area contributed by atoms with Crippen LogP contribution in [0, 0.1) is 0 Å². The van der Waals surface area contributed by atoms with Gasteiger partial charge in [-0.3, -0.25) is 4.90 Å². The third-order valence-electron chi connectivity index (χ3n) is 5.83. The van der Waals surface area contributed by atoms with Crippen molar-refractivity contribution in [3.05, 3.63) is 0 Å². The van der Waals surface area contributed by atoms with Gasteiger partial charge in [0.25, 0.3) is 0 Å². The van der Waals surface area contributed by atoms with Gasteiger partial charge in [0.15, 0.2) is 0 Å². The quantitative estimate of drug-likeness (QED) is 0.859. The van der Waals surface area contributed by atoms with Crippen molar-refractivity contribution < 1.29 is 4.74 Å². The van der Waals surface area contributed by atoms with E-state index in [-0.39, 0.29) is 5.60 Å². The average Bonchev–Trinajstić information content (AvgIpc) is 2.54. The first-order valence-corrected chi connectivity index (χ1v) is 9.12. The Balaban J connectivity index is 1.48. The van der Waals surface area contributed by atoms with Gasteiger partial charge >= 0.3 is 0 Å². The van der Waals surface area contributed by atoms with Gasteiger partial charge in [-0.15, -0.1) is 0 Å². The molecule has 2 heterocycles.